The predicted octanol–water partition coefficient (Wildman–Crippen LogP) is 1.06. The smallest absolute Gasteiger partial charge is 0.273 e. The van der Waals surface area contributed by atoms with Crippen LogP contribution in [0, 0.1) is 13.8 Å². The average Bonchev–Trinajstić information content (AvgIpc) is 2.67. The summed E-state index contributed by atoms with van der Waals surface area (Å²) in [5.74, 6) is 0.0582. The van der Waals surface area contributed by atoms with E-state index in [0.29, 0.717) is 31.9 Å². The van der Waals surface area contributed by atoms with Crippen molar-refractivity contribution in [2.24, 2.45) is 0 Å². The Morgan fingerprint density at radius 3 is 2.11 bits per heavy atom. The third-order valence-corrected chi connectivity index (χ3v) is 4.00. The molecule has 0 saturated carbocycles. The zero-order chi connectivity index (χ0) is 13.3. The molecule has 6 heteroatoms. The van der Waals surface area contributed by atoms with E-state index in [2.05, 4.69) is 4.98 Å². The summed E-state index contributed by atoms with van der Waals surface area (Å²) in [5, 5.41) is 0.915. The van der Waals surface area contributed by atoms with Crippen molar-refractivity contribution in [3.05, 3.63) is 15.6 Å². The van der Waals surface area contributed by atoms with Gasteiger partial charge in [-0.05, 0) is 13.8 Å². The van der Waals surface area contributed by atoms with Gasteiger partial charge >= 0.3 is 0 Å². The van der Waals surface area contributed by atoms with Crippen LogP contribution >= 0.6 is 11.3 Å². The molecule has 0 N–H and O–H groups in total. The van der Waals surface area contributed by atoms with Crippen LogP contribution in [0.25, 0.3) is 0 Å². The van der Waals surface area contributed by atoms with Gasteiger partial charge in [-0.2, -0.15) is 0 Å². The number of piperazine rings is 1. The van der Waals surface area contributed by atoms with Crippen molar-refractivity contribution in [3.8, 4) is 0 Å². The lowest BCUT2D eigenvalue weighted by Gasteiger charge is -2.33. The summed E-state index contributed by atoms with van der Waals surface area (Å²) >= 11 is 1.54. The number of hydrogen-bond donors (Lipinski definition) is 0. The highest BCUT2D eigenvalue weighted by molar-refractivity contribution is 7.11. The van der Waals surface area contributed by atoms with Gasteiger partial charge in [0, 0.05) is 38.0 Å². The molecule has 1 aliphatic rings. The second kappa shape index (κ2) is 5.06. The van der Waals surface area contributed by atoms with Crippen LogP contribution in [0.15, 0.2) is 0 Å². The van der Waals surface area contributed by atoms with Gasteiger partial charge in [0.2, 0.25) is 5.91 Å². The minimum absolute atomic E-state index is 0.0138. The first-order chi connectivity index (χ1) is 8.49. The highest BCUT2D eigenvalue weighted by atomic mass is 32.1. The molecule has 0 atom stereocenters. The van der Waals surface area contributed by atoms with Crippen molar-refractivity contribution in [2.75, 3.05) is 26.2 Å². The highest BCUT2D eigenvalue weighted by Gasteiger charge is 2.25. The van der Waals surface area contributed by atoms with Gasteiger partial charge in [-0.3, -0.25) is 9.59 Å². The zero-order valence-electron chi connectivity index (χ0n) is 10.9. The topological polar surface area (TPSA) is 53.5 Å². The summed E-state index contributed by atoms with van der Waals surface area (Å²) in [4.78, 5) is 32.3. The molecule has 1 aromatic rings. The Morgan fingerprint density at radius 1 is 1.11 bits per heavy atom. The first-order valence-corrected chi connectivity index (χ1v) is 6.79. The normalized spacial score (nSPS) is 15.9. The molecule has 1 aliphatic heterocycles. The van der Waals surface area contributed by atoms with Crippen molar-refractivity contribution >= 4 is 23.2 Å². The number of carbonyl (C=O) groups excluding carboxylic acids is 2. The van der Waals surface area contributed by atoms with E-state index in [1.807, 2.05) is 13.8 Å². The van der Waals surface area contributed by atoms with Gasteiger partial charge in [-0.1, -0.05) is 0 Å². The van der Waals surface area contributed by atoms with Gasteiger partial charge in [0.25, 0.3) is 5.91 Å². The molecule has 0 spiro atoms. The van der Waals surface area contributed by atoms with Crippen LogP contribution < -0.4 is 0 Å². The second-order valence-electron chi connectivity index (χ2n) is 4.44. The third-order valence-electron chi connectivity index (χ3n) is 3.12. The summed E-state index contributed by atoms with van der Waals surface area (Å²) in [7, 11) is 0. The fourth-order valence-corrected chi connectivity index (χ4v) is 2.91. The Bertz CT molecular complexity index is 476. The summed E-state index contributed by atoms with van der Waals surface area (Å²) in [6.07, 6.45) is 0. The van der Waals surface area contributed by atoms with E-state index in [1.165, 1.54) is 0 Å². The van der Waals surface area contributed by atoms with Gasteiger partial charge < -0.3 is 9.80 Å². The Balaban J connectivity index is 2.04. The quantitative estimate of drug-likeness (QED) is 0.764. The van der Waals surface area contributed by atoms with E-state index in [0.717, 1.165) is 9.88 Å². The molecule has 1 fully saturated rings. The van der Waals surface area contributed by atoms with Crippen LogP contribution in [0.4, 0.5) is 0 Å². The highest BCUT2D eigenvalue weighted by Crippen LogP contribution is 2.18. The lowest BCUT2D eigenvalue weighted by atomic mass is 10.2. The molecule has 0 radical (unpaired) electrons. The molecule has 1 aromatic heterocycles. The largest absolute Gasteiger partial charge is 0.339 e. The maximum absolute atomic E-state index is 12.3. The average molecular weight is 267 g/mol. The van der Waals surface area contributed by atoms with Crippen molar-refractivity contribution in [1.82, 2.24) is 14.8 Å². The predicted molar refractivity (Wildman–Crippen MR) is 69.7 cm³/mol. The number of aryl methyl sites for hydroxylation is 2. The van der Waals surface area contributed by atoms with Gasteiger partial charge in [0.1, 0.15) is 5.69 Å². The van der Waals surface area contributed by atoms with Crippen molar-refractivity contribution in [2.45, 2.75) is 20.8 Å². The van der Waals surface area contributed by atoms with Crippen LogP contribution in [0.3, 0.4) is 0 Å². The number of nitrogens with zero attached hydrogens (tertiary/aromatic N) is 3. The van der Waals surface area contributed by atoms with E-state index in [9.17, 15) is 9.59 Å². The lowest BCUT2D eigenvalue weighted by Crippen LogP contribution is -2.50. The molecule has 2 amide bonds. The summed E-state index contributed by atoms with van der Waals surface area (Å²) in [5.41, 5.74) is 0.564. The first kappa shape index (κ1) is 13.0. The molecule has 0 aliphatic carbocycles. The van der Waals surface area contributed by atoms with E-state index in [-0.39, 0.29) is 11.8 Å². The number of thiazole rings is 1. The Morgan fingerprint density at radius 2 is 1.67 bits per heavy atom. The maximum atomic E-state index is 12.3. The first-order valence-electron chi connectivity index (χ1n) is 5.98. The molecular weight excluding hydrogens is 250 g/mol. The number of rotatable bonds is 1. The minimum atomic E-state index is -0.0138. The van der Waals surface area contributed by atoms with Crippen molar-refractivity contribution < 1.29 is 9.59 Å². The van der Waals surface area contributed by atoms with Crippen LogP contribution in [0.5, 0.6) is 0 Å². The van der Waals surface area contributed by atoms with E-state index < -0.39 is 0 Å². The minimum Gasteiger partial charge on any atom is -0.339 e. The van der Waals surface area contributed by atoms with Crippen LogP contribution in [-0.2, 0) is 4.79 Å². The fraction of sp³-hybridized carbons (Fsp3) is 0.583. The Labute approximate surface area is 110 Å². The molecule has 2 heterocycles. The molecule has 1 saturated heterocycles. The number of carbonyl (C=O) groups is 2. The van der Waals surface area contributed by atoms with E-state index in [4.69, 9.17) is 0 Å². The van der Waals surface area contributed by atoms with Gasteiger partial charge in [-0.15, -0.1) is 11.3 Å². The van der Waals surface area contributed by atoms with Crippen LogP contribution in [0.1, 0.15) is 27.3 Å². The Hall–Kier alpha value is -1.43. The summed E-state index contributed by atoms with van der Waals surface area (Å²) < 4.78 is 0. The Kier molecular flexibility index (Phi) is 3.65. The number of aromatic nitrogens is 1. The molecule has 18 heavy (non-hydrogen) atoms. The molecule has 98 valence electrons. The molecule has 5 nitrogen and oxygen atoms in total. The monoisotopic (exact) mass is 267 g/mol. The van der Waals surface area contributed by atoms with E-state index in [1.54, 1.807) is 28.1 Å². The zero-order valence-corrected chi connectivity index (χ0v) is 11.7. The molecular formula is C12H17N3O2S. The van der Waals surface area contributed by atoms with Gasteiger partial charge in [0.15, 0.2) is 0 Å². The summed E-state index contributed by atoms with van der Waals surface area (Å²) in [6.45, 7) is 7.80. The van der Waals surface area contributed by atoms with Crippen molar-refractivity contribution in [1.29, 1.82) is 0 Å². The third kappa shape index (κ3) is 2.53. The molecule has 0 unspecified atom stereocenters. The van der Waals surface area contributed by atoms with E-state index >= 15 is 0 Å². The fourth-order valence-electron chi connectivity index (χ4n) is 2.10. The lowest BCUT2D eigenvalue weighted by molar-refractivity contribution is -0.130. The maximum Gasteiger partial charge on any atom is 0.273 e. The summed E-state index contributed by atoms with van der Waals surface area (Å²) in [6, 6.07) is 0. The van der Waals surface area contributed by atoms with Gasteiger partial charge in [0.05, 0.1) is 5.01 Å². The van der Waals surface area contributed by atoms with Crippen molar-refractivity contribution in [3.63, 3.8) is 0 Å². The second-order valence-corrected chi connectivity index (χ2v) is 5.84. The molecule has 0 aromatic carbocycles. The van der Waals surface area contributed by atoms with Gasteiger partial charge in [-0.25, -0.2) is 4.98 Å². The number of hydrogen-bond acceptors (Lipinski definition) is 4. The standard InChI is InChI=1S/C12H17N3O2S/c1-8-11(13-9(2)18-8)12(17)15-6-4-14(5-7-15)10(3)16/h4-7H2,1-3H3. The molecule has 0 bridgehead atoms. The SMILES string of the molecule is CC(=O)N1CCN(C(=O)c2nc(C)sc2C)CC1. The number of amides is 2. The van der Waals surface area contributed by atoms with Crippen LogP contribution in [-0.4, -0.2) is 52.8 Å². The van der Waals surface area contributed by atoms with Crippen LogP contribution in [0.2, 0.25) is 0 Å². The molecule has 2 rings (SSSR count).